The van der Waals surface area contributed by atoms with Gasteiger partial charge in [0.2, 0.25) is 5.91 Å². The minimum absolute atomic E-state index is 0.198. The zero-order valence-corrected chi connectivity index (χ0v) is 12.1. The molecular formula is C16H23N3O. The number of amides is 1. The number of nitrogens with zero attached hydrogens (tertiary/aromatic N) is 2. The number of hydrogen-bond donors (Lipinski definition) is 1. The number of rotatable bonds is 4. The van der Waals surface area contributed by atoms with Crippen molar-refractivity contribution >= 4 is 5.91 Å². The van der Waals surface area contributed by atoms with Gasteiger partial charge in [0.25, 0.3) is 0 Å². The van der Waals surface area contributed by atoms with Crippen LogP contribution in [-0.2, 0) is 11.3 Å². The minimum atomic E-state index is 0.198. The van der Waals surface area contributed by atoms with Gasteiger partial charge in [-0.05, 0) is 50.8 Å². The van der Waals surface area contributed by atoms with Crippen molar-refractivity contribution in [2.24, 2.45) is 5.92 Å². The number of nitrogens with one attached hydrogen (secondary N) is 1. The molecule has 4 heteroatoms. The Morgan fingerprint density at radius 3 is 2.95 bits per heavy atom. The summed E-state index contributed by atoms with van der Waals surface area (Å²) in [5.74, 6) is 0.549. The van der Waals surface area contributed by atoms with Gasteiger partial charge in [0.15, 0.2) is 0 Å². The maximum absolute atomic E-state index is 12.8. The molecule has 1 aliphatic carbocycles. The first-order valence-corrected chi connectivity index (χ1v) is 7.67. The van der Waals surface area contributed by atoms with Gasteiger partial charge in [-0.15, -0.1) is 0 Å². The van der Waals surface area contributed by atoms with Gasteiger partial charge in [-0.3, -0.25) is 9.78 Å². The third-order valence-corrected chi connectivity index (χ3v) is 4.32. The van der Waals surface area contributed by atoms with Crippen molar-refractivity contribution in [2.75, 3.05) is 6.54 Å². The Kier molecular flexibility index (Phi) is 4.01. The molecule has 1 aromatic rings. The van der Waals surface area contributed by atoms with Crippen LogP contribution in [0.2, 0.25) is 0 Å². The van der Waals surface area contributed by atoms with E-state index in [1.165, 1.54) is 0 Å². The summed E-state index contributed by atoms with van der Waals surface area (Å²) in [6.45, 7) is 3.85. The van der Waals surface area contributed by atoms with Crippen LogP contribution in [0.5, 0.6) is 0 Å². The van der Waals surface area contributed by atoms with E-state index in [4.69, 9.17) is 0 Å². The predicted octanol–water partition coefficient (Wildman–Crippen LogP) is 1.96. The van der Waals surface area contributed by atoms with Crippen molar-refractivity contribution in [3.63, 3.8) is 0 Å². The van der Waals surface area contributed by atoms with E-state index < -0.39 is 0 Å². The molecule has 0 radical (unpaired) electrons. The lowest BCUT2D eigenvalue weighted by molar-refractivity contribution is -0.138. The first kappa shape index (κ1) is 13.6. The van der Waals surface area contributed by atoms with Crippen LogP contribution < -0.4 is 5.32 Å². The second kappa shape index (κ2) is 5.92. The summed E-state index contributed by atoms with van der Waals surface area (Å²) < 4.78 is 0. The van der Waals surface area contributed by atoms with E-state index in [0.29, 0.717) is 18.0 Å². The highest BCUT2D eigenvalue weighted by Gasteiger charge is 2.36. The first-order chi connectivity index (χ1) is 9.74. The maximum Gasteiger partial charge on any atom is 0.226 e. The van der Waals surface area contributed by atoms with Crippen molar-refractivity contribution in [1.29, 1.82) is 0 Å². The number of carbonyl (C=O) groups is 1. The second-order valence-electron chi connectivity index (χ2n) is 6.14. The van der Waals surface area contributed by atoms with Crippen LogP contribution in [0.25, 0.3) is 0 Å². The van der Waals surface area contributed by atoms with E-state index in [1.54, 1.807) is 6.20 Å². The Morgan fingerprint density at radius 1 is 1.45 bits per heavy atom. The molecule has 2 fully saturated rings. The highest BCUT2D eigenvalue weighted by Crippen LogP contribution is 2.31. The first-order valence-electron chi connectivity index (χ1n) is 7.67. The third kappa shape index (κ3) is 3.18. The number of pyridine rings is 1. The highest BCUT2D eigenvalue weighted by molar-refractivity contribution is 5.79. The van der Waals surface area contributed by atoms with Gasteiger partial charge in [0.05, 0.1) is 0 Å². The van der Waals surface area contributed by atoms with Crippen LogP contribution in [0.4, 0.5) is 0 Å². The largest absolute Gasteiger partial charge is 0.335 e. The molecular weight excluding hydrogens is 250 g/mol. The summed E-state index contributed by atoms with van der Waals surface area (Å²) in [6, 6.07) is 4.92. The number of aromatic nitrogens is 1. The molecule has 20 heavy (non-hydrogen) atoms. The van der Waals surface area contributed by atoms with Gasteiger partial charge in [0.1, 0.15) is 0 Å². The van der Waals surface area contributed by atoms with Crippen molar-refractivity contribution in [3.05, 3.63) is 30.1 Å². The molecule has 1 saturated carbocycles. The van der Waals surface area contributed by atoms with Gasteiger partial charge >= 0.3 is 0 Å². The molecule has 2 heterocycles. The highest BCUT2D eigenvalue weighted by atomic mass is 16.2. The zero-order chi connectivity index (χ0) is 13.9. The SMILES string of the molecule is CC1CC(C(=O)N(Cc2cccnc2)C2CC2)CCN1. The van der Waals surface area contributed by atoms with Crippen LogP contribution in [0, 0.1) is 5.92 Å². The van der Waals surface area contributed by atoms with Gasteiger partial charge in [0, 0.05) is 36.9 Å². The Hall–Kier alpha value is -1.42. The molecule has 0 spiro atoms. The molecule has 2 atom stereocenters. The average molecular weight is 273 g/mol. The Morgan fingerprint density at radius 2 is 2.30 bits per heavy atom. The molecule has 1 amide bonds. The summed E-state index contributed by atoms with van der Waals surface area (Å²) >= 11 is 0. The van der Waals surface area contributed by atoms with Crippen LogP contribution in [0.3, 0.4) is 0 Å². The van der Waals surface area contributed by atoms with Gasteiger partial charge in [-0.2, -0.15) is 0 Å². The molecule has 0 aromatic carbocycles. The molecule has 1 aliphatic heterocycles. The van der Waals surface area contributed by atoms with Crippen LogP contribution in [0.15, 0.2) is 24.5 Å². The molecule has 1 saturated heterocycles. The standard InChI is InChI=1S/C16H23N3O/c1-12-9-14(6-8-18-12)16(20)19(15-4-5-15)11-13-3-2-7-17-10-13/h2-3,7,10,12,14-15,18H,4-6,8-9,11H2,1H3. The molecule has 2 aliphatic rings. The quantitative estimate of drug-likeness (QED) is 0.912. The van der Waals surface area contributed by atoms with Gasteiger partial charge < -0.3 is 10.2 Å². The lowest BCUT2D eigenvalue weighted by Crippen LogP contribution is -2.44. The van der Waals surface area contributed by atoms with Crippen molar-refractivity contribution in [3.8, 4) is 0 Å². The van der Waals surface area contributed by atoms with Crippen LogP contribution in [0.1, 0.15) is 38.2 Å². The van der Waals surface area contributed by atoms with Crippen molar-refractivity contribution < 1.29 is 4.79 Å². The molecule has 1 N–H and O–H groups in total. The lowest BCUT2D eigenvalue weighted by atomic mass is 9.92. The lowest BCUT2D eigenvalue weighted by Gasteiger charge is -2.32. The fourth-order valence-electron chi connectivity index (χ4n) is 3.05. The van der Waals surface area contributed by atoms with Crippen molar-refractivity contribution in [2.45, 2.75) is 51.2 Å². The molecule has 0 bridgehead atoms. The summed E-state index contributed by atoms with van der Waals surface area (Å²) in [5, 5.41) is 3.42. The zero-order valence-electron chi connectivity index (χ0n) is 12.1. The van der Waals surface area contributed by atoms with Gasteiger partial charge in [-0.1, -0.05) is 6.07 Å². The summed E-state index contributed by atoms with van der Waals surface area (Å²) in [4.78, 5) is 19.1. The number of hydrogen-bond acceptors (Lipinski definition) is 3. The molecule has 1 aromatic heterocycles. The van der Waals surface area contributed by atoms with E-state index in [2.05, 4.69) is 28.2 Å². The predicted molar refractivity (Wildman–Crippen MR) is 78.0 cm³/mol. The van der Waals surface area contributed by atoms with Crippen LogP contribution in [-0.4, -0.2) is 34.4 Å². The average Bonchev–Trinajstić information content (AvgIpc) is 3.30. The molecule has 108 valence electrons. The minimum Gasteiger partial charge on any atom is -0.335 e. The Bertz CT molecular complexity index is 458. The Labute approximate surface area is 120 Å². The molecule has 2 unspecified atom stereocenters. The van der Waals surface area contributed by atoms with Crippen molar-refractivity contribution in [1.82, 2.24) is 15.2 Å². The molecule has 3 rings (SSSR count). The van der Waals surface area contributed by atoms with E-state index in [1.807, 2.05) is 12.3 Å². The summed E-state index contributed by atoms with van der Waals surface area (Å²) in [5.41, 5.74) is 1.13. The summed E-state index contributed by atoms with van der Waals surface area (Å²) in [6.07, 6.45) is 7.91. The summed E-state index contributed by atoms with van der Waals surface area (Å²) in [7, 11) is 0. The van der Waals surface area contributed by atoms with Crippen LogP contribution >= 0.6 is 0 Å². The maximum atomic E-state index is 12.8. The van der Waals surface area contributed by atoms with Gasteiger partial charge in [-0.25, -0.2) is 0 Å². The normalized spacial score (nSPS) is 26.2. The Balaban J connectivity index is 1.68. The van der Waals surface area contributed by atoms with E-state index in [9.17, 15) is 4.79 Å². The molecule has 4 nitrogen and oxygen atoms in total. The third-order valence-electron chi connectivity index (χ3n) is 4.32. The van der Waals surface area contributed by atoms with E-state index in [0.717, 1.165) is 44.3 Å². The smallest absolute Gasteiger partial charge is 0.226 e. The number of carbonyl (C=O) groups excluding carboxylic acids is 1. The monoisotopic (exact) mass is 273 g/mol. The van der Waals surface area contributed by atoms with E-state index >= 15 is 0 Å². The second-order valence-corrected chi connectivity index (χ2v) is 6.14. The number of piperidine rings is 1. The fraction of sp³-hybridized carbons (Fsp3) is 0.625. The fourth-order valence-corrected chi connectivity index (χ4v) is 3.05. The van der Waals surface area contributed by atoms with E-state index in [-0.39, 0.29) is 5.92 Å². The topological polar surface area (TPSA) is 45.2 Å².